The molecule has 2 aliphatic rings. The molecule has 1 N–H and O–H groups in total. The quantitative estimate of drug-likeness (QED) is 0.797. The molecule has 0 unspecified atom stereocenters. The summed E-state index contributed by atoms with van der Waals surface area (Å²) in [5.41, 5.74) is 4.96. The van der Waals surface area contributed by atoms with Crippen LogP contribution in [-0.2, 0) is 0 Å². The maximum absolute atomic E-state index is 3.43. The van der Waals surface area contributed by atoms with E-state index in [1.165, 1.54) is 55.8 Å². The predicted molar refractivity (Wildman–Crippen MR) is 72.7 cm³/mol. The zero-order valence-corrected chi connectivity index (χ0v) is 10.9. The van der Waals surface area contributed by atoms with Crippen LogP contribution in [0, 0.1) is 19.3 Å². The molecule has 0 radical (unpaired) electrons. The first-order valence-corrected chi connectivity index (χ1v) is 6.72. The number of benzene rings is 1. The van der Waals surface area contributed by atoms with E-state index >= 15 is 0 Å². The van der Waals surface area contributed by atoms with Gasteiger partial charge < -0.3 is 10.2 Å². The second-order valence-electron chi connectivity index (χ2n) is 5.81. The van der Waals surface area contributed by atoms with Crippen molar-refractivity contribution in [3.05, 3.63) is 29.3 Å². The molecule has 0 amide bonds. The van der Waals surface area contributed by atoms with Crippen LogP contribution in [0.1, 0.15) is 24.0 Å². The fraction of sp³-hybridized carbons (Fsp3) is 0.600. The Bertz CT molecular complexity index is 411. The molecule has 2 saturated heterocycles. The van der Waals surface area contributed by atoms with Gasteiger partial charge in [0, 0.05) is 31.9 Å². The zero-order valence-electron chi connectivity index (χ0n) is 10.9. The molecule has 0 saturated carbocycles. The maximum atomic E-state index is 3.43. The summed E-state index contributed by atoms with van der Waals surface area (Å²) in [6.07, 6.45) is 2.71. The molecule has 0 atom stereocenters. The average Bonchev–Trinajstić information content (AvgIpc) is 2.31. The Morgan fingerprint density at radius 2 is 1.82 bits per heavy atom. The first-order chi connectivity index (χ1) is 8.20. The van der Waals surface area contributed by atoms with Crippen LogP contribution < -0.4 is 10.2 Å². The highest BCUT2D eigenvalue weighted by Gasteiger charge is 2.39. The van der Waals surface area contributed by atoms with E-state index in [-0.39, 0.29) is 0 Å². The van der Waals surface area contributed by atoms with Gasteiger partial charge in [0.1, 0.15) is 0 Å². The first kappa shape index (κ1) is 11.1. The number of anilines is 1. The van der Waals surface area contributed by atoms with Crippen molar-refractivity contribution < 1.29 is 0 Å². The van der Waals surface area contributed by atoms with Gasteiger partial charge in [0.15, 0.2) is 0 Å². The largest absolute Gasteiger partial charge is 0.371 e. The number of piperidine rings is 1. The number of rotatable bonds is 1. The van der Waals surface area contributed by atoms with Gasteiger partial charge in [0.25, 0.3) is 0 Å². The minimum absolute atomic E-state index is 0.647. The molecule has 2 heterocycles. The van der Waals surface area contributed by atoms with Gasteiger partial charge in [-0.15, -0.1) is 0 Å². The van der Waals surface area contributed by atoms with Gasteiger partial charge in [-0.05, 0) is 49.3 Å². The lowest BCUT2D eigenvalue weighted by atomic mass is 9.73. The smallest absolute Gasteiger partial charge is 0.0398 e. The van der Waals surface area contributed by atoms with Crippen LogP contribution in [0.3, 0.4) is 0 Å². The lowest BCUT2D eigenvalue weighted by Crippen LogP contribution is -2.58. The van der Waals surface area contributed by atoms with Gasteiger partial charge in [-0.25, -0.2) is 0 Å². The van der Waals surface area contributed by atoms with Crippen LogP contribution in [0.15, 0.2) is 18.2 Å². The minimum atomic E-state index is 0.647. The molecular formula is C15H22N2. The Hall–Kier alpha value is -1.02. The summed E-state index contributed by atoms with van der Waals surface area (Å²) >= 11 is 0. The van der Waals surface area contributed by atoms with Crippen molar-refractivity contribution in [3.8, 4) is 0 Å². The van der Waals surface area contributed by atoms with Crippen molar-refractivity contribution in [1.82, 2.24) is 5.32 Å². The average molecular weight is 230 g/mol. The highest BCUT2D eigenvalue weighted by molar-refractivity contribution is 5.56. The second-order valence-corrected chi connectivity index (χ2v) is 5.81. The van der Waals surface area contributed by atoms with Crippen molar-refractivity contribution in [2.24, 2.45) is 5.41 Å². The molecule has 1 aromatic carbocycles. The van der Waals surface area contributed by atoms with Crippen molar-refractivity contribution >= 4 is 5.69 Å². The fourth-order valence-electron chi connectivity index (χ4n) is 3.13. The zero-order chi connectivity index (χ0) is 11.9. The standard InChI is InChI=1S/C15H22N2/c1-12-4-3-5-14(13(12)2)17-8-6-15(7-9-17)10-16-11-15/h3-5,16H,6-11H2,1-2H3. The van der Waals surface area contributed by atoms with Crippen molar-refractivity contribution in [2.75, 3.05) is 31.1 Å². The Balaban J connectivity index is 1.75. The Kier molecular flexibility index (Phi) is 2.62. The summed E-state index contributed by atoms with van der Waals surface area (Å²) in [6, 6.07) is 6.67. The van der Waals surface area contributed by atoms with Crippen LogP contribution in [0.5, 0.6) is 0 Å². The molecule has 1 aromatic rings. The Morgan fingerprint density at radius 1 is 1.12 bits per heavy atom. The summed E-state index contributed by atoms with van der Waals surface area (Å²) in [6.45, 7) is 9.40. The molecule has 0 aromatic heterocycles. The van der Waals surface area contributed by atoms with Crippen molar-refractivity contribution in [1.29, 1.82) is 0 Å². The monoisotopic (exact) mass is 230 g/mol. The number of hydrogen-bond acceptors (Lipinski definition) is 2. The van der Waals surface area contributed by atoms with Crippen molar-refractivity contribution in [2.45, 2.75) is 26.7 Å². The molecule has 92 valence electrons. The molecule has 17 heavy (non-hydrogen) atoms. The van der Waals surface area contributed by atoms with Crippen LogP contribution in [0.4, 0.5) is 5.69 Å². The number of nitrogens with one attached hydrogen (secondary N) is 1. The summed E-state index contributed by atoms with van der Waals surface area (Å²) < 4.78 is 0. The summed E-state index contributed by atoms with van der Waals surface area (Å²) in [4.78, 5) is 2.58. The summed E-state index contributed by atoms with van der Waals surface area (Å²) in [5.74, 6) is 0. The van der Waals surface area contributed by atoms with E-state index in [0.29, 0.717) is 5.41 Å². The first-order valence-electron chi connectivity index (χ1n) is 6.72. The lowest BCUT2D eigenvalue weighted by Gasteiger charge is -2.49. The van der Waals surface area contributed by atoms with Crippen LogP contribution in [0.25, 0.3) is 0 Å². The molecule has 0 aliphatic carbocycles. The van der Waals surface area contributed by atoms with Gasteiger partial charge in [0.2, 0.25) is 0 Å². The number of nitrogens with zero attached hydrogens (tertiary/aromatic N) is 1. The minimum Gasteiger partial charge on any atom is -0.371 e. The van der Waals surface area contributed by atoms with E-state index in [4.69, 9.17) is 0 Å². The van der Waals surface area contributed by atoms with E-state index in [1.807, 2.05) is 0 Å². The van der Waals surface area contributed by atoms with Gasteiger partial charge in [-0.1, -0.05) is 12.1 Å². The fourth-order valence-corrected chi connectivity index (χ4v) is 3.13. The number of aryl methyl sites for hydroxylation is 1. The molecule has 0 bridgehead atoms. The van der Waals surface area contributed by atoms with Gasteiger partial charge >= 0.3 is 0 Å². The molecule has 2 nitrogen and oxygen atoms in total. The Morgan fingerprint density at radius 3 is 2.41 bits per heavy atom. The van der Waals surface area contributed by atoms with E-state index in [2.05, 4.69) is 42.3 Å². The molecule has 3 rings (SSSR count). The highest BCUT2D eigenvalue weighted by Crippen LogP contribution is 2.37. The molecule has 2 heteroatoms. The van der Waals surface area contributed by atoms with E-state index in [0.717, 1.165) is 0 Å². The SMILES string of the molecule is Cc1cccc(N2CCC3(CC2)CNC3)c1C. The van der Waals surface area contributed by atoms with Gasteiger partial charge in [-0.2, -0.15) is 0 Å². The normalized spacial score (nSPS) is 22.6. The summed E-state index contributed by atoms with van der Waals surface area (Å²) in [5, 5.41) is 3.43. The highest BCUT2D eigenvalue weighted by atomic mass is 15.2. The Labute approximate surface area is 104 Å². The number of hydrogen-bond donors (Lipinski definition) is 1. The van der Waals surface area contributed by atoms with E-state index in [9.17, 15) is 0 Å². The third-order valence-electron chi connectivity index (χ3n) is 4.74. The van der Waals surface area contributed by atoms with E-state index < -0.39 is 0 Å². The molecule has 2 aliphatic heterocycles. The molecule has 1 spiro atoms. The second kappa shape index (κ2) is 4.02. The van der Waals surface area contributed by atoms with Crippen LogP contribution in [0.2, 0.25) is 0 Å². The van der Waals surface area contributed by atoms with Gasteiger partial charge in [0.05, 0.1) is 0 Å². The summed E-state index contributed by atoms with van der Waals surface area (Å²) in [7, 11) is 0. The van der Waals surface area contributed by atoms with Gasteiger partial charge in [-0.3, -0.25) is 0 Å². The third kappa shape index (κ3) is 1.85. The predicted octanol–water partition coefficient (Wildman–Crippen LogP) is 2.49. The lowest BCUT2D eigenvalue weighted by molar-refractivity contribution is 0.126. The maximum Gasteiger partial charge on any atom is 0.0398 e. The third-order valence-corrected chi connectivity index (χ3v) is 4.74. The van der Waals surface area contributed by atoms with Crippen LogP contribution >= 0.6 is 0 Å². The molecular weight excluding hydrogens is 208 g/mol. The van der Waals surface area contributed by atoms with E-state index in [1.54, 1.807) is 0 Å². The molecule has 2 fully saturated rings. The van der Waals surface area contributed by atoms with Crippen LogP contribution in [-0.4, -0.2) is 26.2 Å². The topological polar surface area (TPSA) is 15.3 Å². The van der Waals surface area contributed by atoms with Crippen molar-refractivity contribution in [3.63, 3.8) is 0 Å².